The first-order valence-corrected chi connectivity index (χ1v) is 20.5. The third-order valence-electron chi connectivity index (χ3n) is 12.4. The van der Waals surface area contributed by atoms with Crippen LogP contribution in [0.4, 0.5) is 4.79 Å². The summed E-state index contributed by atoms with van der Waals surface area (Å²) in [4.78, 5) is 39.5. The minimum Gasteiger partial charge on any atom is -0.460 e. The maximum absolute atomic E-state index is 13.8. The number of ether oxygens (including phenoxy) is 2. The molecule has 0 aliphatic heterocycles. The Morgan fingerprint density at radius 2 is 1.59 bits per heavy atom. The van der Waals surface area contributed by atoms with Crippen molar-refractivity contribution in [2.75, 3.05) is 0 Å². The van der Waals surface area contributed by atoms with Gasteiger partial charge in [0.05, 0.1) is 0 Å². The van der Waals surface area contributed by atoms with E-state index in [-0.39, 0.29) is 19.1 Å². The average molecular weight is 737 g/mol. The minimum atomic E-state index is -0.926. The molecule has 0 spiro atoms. The first-order chi connectivity index (χ1) is 25.9. The highest BCUT2D eigenvalue weighted by Crippen LogP contribution is 2.60. The lowest BCUT2D eigenvalue weighted by atomic mass is 9.60. The van der Waals surface area contributed by atoms with Crippen molar-refractivity contribution in [2.45, 2.75) is 136 Å². The smallest absolute Gasteiger partial charge is 0.408 e. The molecule has 3 aliphatic carbocycles. The van der Waals surface area contributed by atoms with Gasteiger partial charge in [0.25, 0.3) is 0 Å². The first-order valence-electron chi connectivity index (χ1n) is 20.5. The Balaban J connectivity index is 1.20. The van der Waals surface area contributed by atoms with Crippen LogP contribution in [0.15, 0.2) is 96.1 Å². The van der Waals surface area contributed by atoms with E-state index >= 15 is 0 Å². The molecular formula is C47H64N2O5. The summed E-state index contributed by atoms with van der Waals surface area (Å²) in [5.41, 5.74) is 5.94. The van der Waals surface area contributed by atoms with Gasteiger partial charge in [0.2, 0.25) is 5.91 Å². The van der Waals surface area contributed by atoms with E-state index in [1.165, 1.54) is 44.9 Å². The molecule has 1 unspecified atom stereocenters. The SMILES string of the molecule is C=C1CC[C@H](OC(=O)[C@H](Cc2ccccc2)NC(=O)[C@H](C)NC(=O)OCc2ccccc2)C/C1=C/C=C1/CCC[C@@]2(C)C1CC[C@@H]2[C@H](C)CCCC(C)C. The van der Waals surface area contributed by atoms with Crippen molar-refractivity contribution in [1.29, 1.82) is 0 Å². The van der Waals surface area contributed by atoms with E-state index < -0.39 is 30.1 Å². The summed E-state index contributed by atoms with van der Waals surface area (Å²) in [5.74, 6) is 1.99. The van der Waals surface area contributed by atoms with E-state index in [1.807, 2.05) is 60.7 Å². The molecule has 7 nitrogen and oxygen atoms in total. The normalized spacial score (nSPS) is 25.8. The number of nitrogens with one attached hydrogen (secondary N) is 2. The second-order valence-electron chi connectivity index (χ2n) is 16.9. The van der Waals surface area contributed by atoms with Gasteiger partial charge in [0, 0.05) is 12.8 Å². The van der Waals surface area contributed by atoms with E-state index in [0.717, 1.165) is 52.9 Å². The number of carbonyl (C=O) groups excluding carboxylic acids is 3. The van der Waals surface area contributed by atoms with Gasteiger partial charge in [0.1, 0.15) is 24.8 Å². The predicted octanol–water partition coefficient (Wildman–Crippen LogP) is 10.2. The quantitative estimate of drug-likeness (QED) is 0.178. The van der Waals surface area contributed by atoms with E-state index in [0.29, 0.717) is 24.2 Å². The fourth-order valence-corrected chi connectivity index (χ4v) is 9.34. The van der Waals surface area contributed by atoms with Gasteiger partial charge in [-0.2, -0.15) is 0 Å². The van der Waals surface area contributed by atoms with Crippen LogP contribution in [0.3, 0.4) is 0 Å². The molecule has 0 heterocycles. The molecule has 3 aliphatic rings. The zero-order chi connectivity index (χ0) is 38.7. The average Bonchev–Trinajstić information content (AvgIpc) is 3.52. The van der Waals surface area contributed by atoms with E-state index in [2.05, 4.69) is 57.1 Å². The molecule has 54 heavy (non-hydrogen) atoms. The lowest BCUT2D eigenvalue weighted by Gasteiger charge is -2.44. The van der Waals surface area contributed by atoms with Crippen LogP contribution >= 0.6 is 0 Å². The van der Waals surface area contributed by atoms with Crippen LogP contribution in [0.2, 0.25) is 0 Å². The third-order valence-corrected chi connectivity index (χ3v) is 12.4. The van der Waals surface area contributed by atoms with Crippen LogP contribution in [-0.4, -0.2) is 36.2 Å². The second-order valence-corrected chi connectivity index (χ2v) is 16.9. The minimum absolute atomic E-state index is 0.0870. The number of hydrogen-bond donors (Lipinski definition) is 2. The summed E-state index contributed by atoms with van der Waals surface area (Å²) in [7, 11) is 0. The van der Waals surface area contributed by atoms with Gasteiger partial charge in [-0.3, -0.25) is 4.79 Å². The van der Waals surface area contributed by atoms with Gasteiger partial charge in [-0.1, -0.05) is 137 Å². The Morgan fingerprint density at radius 3 is 2.30 bits per heavy atom. The number of fused-ring (bicyclic) bond motifs is 1. The molecular weight excluding hydrogens is 673 g/mol. The van der Waals surface area contributed by atoms with Crippen molar-refractivity contribution in [3.05, 3.63) is 107 Å². The van der Waals surface area contributed by atoms with Gasteiger partial charge in [-0.05, 0) is 97.7 Å². The predicted molar refractivity (Wildman–Crippen MR) is 216 cm³/mol. The van der Waals surface area contributed by atoms with Crippen LogP contribution in [0.1, 0.15) is 116 Å². The highest BCUT2D eigenvalue weighted by molar-refractivity contribution is 5.89. The summed E-state index contributed by atoms with van der Waals surface area (Å²) in [6.07, 6.45) is 16.3. The molecule has 2 aromatic carbocycles. The molecule has 7 atom stereocenters. The number of esters is 1. The molecule has 0 bridgehead atoms. The maximum Gasteiger partial charge on any atom is 0.408 e. The molecule has 2 amide bonds. The number of amides is 2. The zero-order valence-electron chi connectivity index (χ0n) is 33.4. The summed E-state index contributed by atoms with van der Waals surface area (Å²) in [5, 5.41) is 5.43. The molecule has 0 saturated heterocycles. The molecule has 0 radical (unpaired) electrons. The van der Waals surface area contributed by atoms with E-state index in [4.69, 9.17) is 9.47 Å². The monoisotopic (exact) mass is 736 g/mol. The van der Waals surface area contributed by atoms with Crippen LogP contribution in [0, 0.1) is 29.1 Å². The van der Waals surface area contributed by atoms with Crippen molar-refractivity contribution < 1.29 is 23.9 Å². The van der Waals surface area contributed by atoms with Crippen LogP contribution in [0.5, 0.6) is 0 Å². The van der Waals surface area contributed by atoms with Gasteiger partial charge in [-0.25, -0.2) is 9.59 Å². The summed E-state index contributed by atoms with van der Waals surface area (Å²) in [6.45, 7) is 15.8. The van der Waals surface area contributed by atoms with Crippen molar-refractivity contribution in [3.8, 4) is 0 Å². The van der Waals surface area contributed by atoms with Gasteiger partial charge in [0.15, 0.2) is 0 Å². The summed E-state index contributed by atoms with van der Waals surface area (Å²) < 4.78 is 11.4. The van der Waals surface area contributed by atoms with Crippen molar-refractivity contribution in [1.82, 2.24) is 10.6 Å². The van der Waals surface area contributed by atoms with Crippen LogP contribution < -0.4 is 10.6 Å². The Bertz CT molecular complexity index is 1630. The van der Waals surface area contributed by atoms with Crippen molar-refractivity contribution in [3.63, 3.8) is 0 Å². The molecule has 0 aromatic heterocycles. The van der Waals surface area contributed by atoms with Crippen molar-refractivity contribution in [2.24, 2.45) is 29.1 Å². The fraction of sp³-hybridized carbons (Fsp3) is 0.553. The fourth-order valence-electron chi connectivity index (χ4n) is 9.34. The molecule has 5 rings (SSSR count). The van der Waals surface area contributed by atoms with Gasteiger partial charge < -0.3 is 20.1 Å². The Morgan fingerprint density at radius 1 is 0.889 bits per heavy atom. The number of alkyl carbamates (subject to hydrolysis) is 1. The van der Waals surface area contributed by atoms with E-state index in [1.54, 1.807) is 12.5 Å². The highest BCUT2D eigenvalue weighted by atomic mass is 16.6. The first kappa shape index (κ1) is 41.0. The van der Waals surface area contributed by atoms with Crippen LogP contribution in [0.25, 0.3) is 0 Å². The molecule has 2 aromatic rings. The number of allylic oxidation sites excluding steroid dienone is 4. The van der Waals surface area contributed by atoms with Gasteiger partial charge in [-0.15, -0.1) is 0 Å². The topological polar surface area (TPSA) is 93.7 Å². The number of rotatable bonds is 15. The second kappa shape index (κ2) is 19.5. The lowest BCUT2D eigenvalue weighted by Crippen LogP contribution is -2.52. The number of hydrogen-bond acceptors (Lipinski definition) is 5. The molecule has 7 heteroatoms. The zero-order valence-corrected chi connectivity index (χ0v) is 33.4. The van der Waals surface area contributed by atoms with Gasteiger partial charge >= 0.3 is 12.1 Å². The Labute approximate surface area is 324 Å². The number of benzene rings is 2. The maximum atomic E-state index is 13.8. The molecule has 2 N–H and O–H groups in total. The largest absolute Gasteiger partial charge is 0.460 e. The van der Waals surface area contributed by atoms with Crippen molar-refractivity contribution >= 4 is 18.0 Å². The Hall–Kier alpha value is -4.13. The summed E-state index contributed by atoms with van der Waals surface area (Å²) >= 11 is 0. The van der Waals surface area contributed by atoms with Crippen LogP contribution in [-0.2, 0) is 32.1 Å². The highest BCUT2D eigenvalue weighted by Gasteiger charge is 2.50. The molecule has 3 saturated carbocycles. The standard InChI is InChI=1S/C47H64N2O5/c1-32(2)15-13-16-34(4)41-26-27-42-38(21-14-28-47(41,42)6)23-24-39-30-40(25-22-33(39)3)54-45(51)43(29-36-17-9-7-10-18-36)49-44(50)35(5)48-46(52)53-31-37-19-11-8-12-20-37/h7-12,17-20,23-24,32,34-35,40-43H,3,13-16,21-22,25-31H2,1-2,4-6H3,(H,48,52)(H,49,50)/b38-23-,39-24-/t34-,35+,40+,41-,42?,43+,47-/m1/s1. The molecule has 3 fully saturated rings. The summed E-state index contributed by atoms with van der Waals surface area (Å²) in [6, 6.07) is 17.0. The lowest BCUT2D eigenvalue weighted by molar-refractivity contribution is -0.153. The molecule has 292 valence electrons. The van der Waals surface area contributed by atoms with E-state index in [9.17, 15) is 14.4 Å². The third kappa shape index (κ3) is 11.2. The Kier molecular flexibility index (Phi) is 14.8. The number of carbonyl (C=O) groups is 3.